The Balaban J connectivity index is 2.13. The molecule has 1 N–H and O–H groups in total. The van der Waals surface area contributed by atoms with Crippen molar-refractivity contribution in [2.75, 3.05) is 0 Å². The van der Waals surface area contributed by atoms with Crippen LogP contribution in [0, 0.1) is 17.1 Å². The first kappa shape index (κ1) is 14.0. The molecule has 0 aliphatic rings. The zero-order valence-corrected chi connectivity index (χ0v) is 11.0. The summed E-state index contributed by atoms with van der Waals surface area (Å²) < 4.78 is 13.3. The number of aromatic carboxylic acids is 1. The summed E-state index contributed by atoms with van der Waals surface area (Å²) in [4.78, 5) is 15.2. The van der Waals surface area contributed by atoms with E-state index in [0.29, 0.717) is 11.3 Å². The first-order valence-electron chi connectivity index (χ1n) is 5.60. The van der Waals surface area contributed by atoms with Crippen LogP contribution in [0.3, 0.4) is 0 Å². The summed E-state index contributed by atoms with van der Waals surface area (Å²) in [7, 11) is 0. The lowest BCUT2D eigenvalue weighted by atomic mass is 10.1. The van der Waals surface area contributed by atoms with Gasteiger partial charge in [-0.3, -0.25) is 0 Å². The van der Waals surface area contributed by atoms with Crippen LogP contribution in [-0.4, -0.2) is 16.1 Å². The summed E-state index contributed by atoms with van der Waals surface area (Å²) in [6, 6.07) is 9.16. The molecule has 0 saturated carbocycles. The van der Waals surface area contributed by atoms with Crippen LogP contribution >= 0.6 is 11.8 Å². The number of thioether (sulfide) groups is 1. The predicted molar refractivity (Wildman–Crippen MR) is 71.9 cm³/mol. The molecular weight excluding hydrogens is 279 g/mol. The maximum Gasteiger partial charge on any atom is 0.354 e. The molecule has 0 spiro atoms. The van der Waals surface area contributed by atoms with Crippen molar-refractivity contribution < 1.29 is 14.3 Å². The third-order valence-corrected chi connectivity index (χ3v) is 3.51. The Morgan fingerprint density at radius 2 is 2.20 bits per heavy atom. The second kappa shape index (κ2) is 6.17. The number of halogens is 1. The molecule has 20 heavy (non-hydrogen) atoms. The summed E-state index contributed by atoms with van der Waals surface area (Å²) in [5.74, 6) is -1.11. The summed E-state index contributed by atoms with van der Waals surface area (Å²) in [6.07, 6.45) is 1.41. The summed E-state index contributed by atoms with van der Waals surface area (Å²) in [6.45, 7) is 0. The highest BCUT2D eigenvalue weighted by Crippen LogP contribution is 2.23. The molecule has 0 bridgehead atoms. The van der Waals surface area contributed by atoms with Crippen molar-refractivity contribution in [3.05, 3.63) is 59.2 Å². The van der Waals surface area contributed by atoms with Crippen LogP contribution in [-0.2, 0) is 5.75 Å². The van der Waals surface area contributed by atoms with Gasteiger partial charge in [0.1, 0.15) is 11.5 Å². The number of nitrogens with zero attached hydrogens (tertiary/aromatic N) is 2. The van der Waals surface area contributed by atoms with Crippen molar-refractivity contribution in [2.24, 2.45) is 0 Å². The normalized spacial score (nSPS) is 10.0. The topological polar surface area (TPSA) is 74.0 Å². The lowest BCUT2D eigenvalue weighted by Gasteiger charge is -2.04. The molecule has 4 nitrogen and oxygen atoms in total. The van der Waals surface area contributed by atoms with Crippen molar-refractivity contribution in [3.63, 3.8) is 0 Å². The largest absolute Gasteiger partial charge is 0.477 e. The van der Waals surface area contributed by atoms with Gasteiger partial charge in [0.15, 0.2) is 0 Å². The van der Waals surface area contributed by atoms with Crippen LogP contribution in [0.25, 0.3) is 0 Å². The van der Waals surface area contributed by atoms with Gasteiger partial charge in [0.25, 0.3) is 0 Å². The SMILES string of the molecule is N#Cc1cc(F)cc(CSc2ccnc(C(=O)O)c2)c1. The van der Waals surface area contributed by atoms with E-state index in [9.17, 15) is 9.18 Å². The van der Waals surface area contributed by atoms with E-state index in [-0.39, 0.29) is 11.3 Å². The number of rotatable bonds is 4. The fraction of sp³-hybridized carbons (Fsp3) is 0.0714. The van der Waals surface area contributed by atoms with E-state index in [1.165, 1.54) is 36.2 Å². The number of benzene rings is 1. The number of carboxylic acid groups (broad SMARTS) is 1. The average molecular weight is 288 g/mol. The quantitative estimate of drug-likeness (QED) is 0.875. The molecule has 1 heterocycles. The van der Waals surface area contributed by atoms with Gasteiger partial charge in [0.2, 0.25) is 0 Å². The highest BCUT2D eigenvalue weighted by molar-refractivity contribution is 7.98. The number of nitriles is 1. The Morgan fingerprint density at radius 3 is 2.90 bits per heavy atom. The zero-order valence-electron chi connectivity index (χ0n) is 10.2. The van der Waals surface area contributed by atoms with Gasteiger partial charge in [0, 0.05) is 16.8 Å². The number of aromatic nitrogens is 1. The van der Waals surface area contributed by atoms with Crippen LogP contribution in [0.1, 0.15) is 21.6 Å². The Kier molecular flexibility index (Phi) is 4.33. The predicted octanol–water partition coefficient (Wildman–Crippen LogP) is 3.08. The van der Waals surface area contributed by atoms with Gasteiger partial charge in [-0.2, -0.15) is 5.26 Å². The van der Waals surface area contributed by atoms with Gasteiger partial charge in [0.05, 0.1) is 11.6 Å². The average Bonchev–Trinajstić information content (AvgIpc) is 2.44. The van der Waals surface area contributed by atoms with Crippen LogP contribution < -0.4 is 0 Å². The van der Waals surface area contributed by atoms with E-state index in [1.807, 2.05) is 6.07 Å². The Bertz CT molecular complexity index is 698. The zero-order chi connectivity index (χ0) is 14.5. The highest BCUT2D eigenvalue weighted by atomic mass is 32.2. The van der Waals surface area contributed by atoms with Crippen LogP contribution in [0.4, 0.5) is 4.39 Å². The first-order valence-corrected chi connectivity index (χ1v) is 6.59. The highest BCUT2D eigenvalue weighted by Gasteiger charge is 2.06. The fourth-order valence-corrected chi connectivity index (χ4v) is 2.43. The van der Waals surface area contributed by atoms with Crippen LogP contribution in [0.15, 0.2) is 41.4 Å². The van der Waals surface area contributed by atoms with Crippen molar-refractivity contribution in [1.29, 1.82) is 5.26 Å². The lowest BCUT2D eigenvalue weighted by Crippen LogP contribution is -1.99. The Hall–Kier alpha value is -2.39. The van der Waals surface area contributed by atoms with E-state index in [1.54, 1.807) is 12.1 Å². The van der Waals surface area contributed by atoms with Crippen molar-refractivity contribution >= 4 is 17.7 Å². The lowest BCUT2D eigenvalue weighted by molar-refractivity contribution is 0.0690. The van der Waals surface area contributed by atoms with E-state index < -0.39 is 11.8 Å². The standard InChI is InChI=1S/C14H9FN2O2S/c15-11-4-9(7-16)3-10(5-11)8-20-12-1-2-17-13(6-12)14(18)19/h1-6H,8H2,(H,18,19). The van der Waals surface area contributed by atoms with E-state index in [2.05, 4.69) is 4.98 Å². The summed E-state index contributed by atoms with van der Waals surface area (Å²) in [5, 5.41) is 17.6. The second-order valence-electron chi connectivity index (χ2n) is 3.93. The Labute approximate surface area is 118 Å². The van der Waals surface area contributed by atoms with Crippen LogP contribution in [0.5, 0.6) is 0 Å². The van der Waals surface area contributed by atoms with Gasteiger partial charge in [-0.15, -0.1) is 11.8 Å². The monoisotopic (exact) mass is 288 g/mol. The molecule has 0 radical (unpaired) electrons. The van der Waals surface area contributed by atoms with Gasteiger partial charge in [-0.1, -0.05) is 0 Å². The minimum atomic E-state index is -1.09. The number of carboxylic acids is 1. The molecular formula is C14H9FN2O2S. The van der Waals surface area contributed by atoms with Gasteiger partial charge < -0.3 is 5.11 Å². The second-order valence-corrected chi connectivity index (χ2v) is 4.98. The molecule has 0 atom stereocenters. The molecule has 100 valence electrons. The van der Waals surface area contributed by atoms with Gasteiger partial charge in [-0.05, 0) is 35.9 Å². The van der Waals surface area contributed by atoms with E-state index >= 15 is 0 Å². The van der Waals surface area contributed by atoms with Crippen molar-refractivity contribution in [1.82, 2.24) is 4.98 Å². The maximum absolute atomic E-state index is 13.3. The molecule has 1 aromatic heterocycles. The molecule has 0 aliphatic heterocycles. The maximum atomic E-state index is 13.3. The molecule has 0 aliphatic carbocycles. The molecule has 0 unspecified atom stereocenters. The molecule has 2 rings (SSSR count). The minimum absolute atomic E-state index is 0.0352. The van der Waals surface area contributed by atoms with E-state index in [0.717, 1.165) is 4.90 Å². The van der Waals surface area contributed by atoms with E-state index in [4.69, 9.17) is 10.4 Å². The number of hydrogen-bond acceptors (Lipinski definition) is 4. The molecule has 2 aromatic rings. The van der Waals surface area contributed by atoms with Gasteiger partial charge in [-0.25, -0.2) is 14.2 Å². The molecule has 0 fully saturated rings. The van der Waals surface area contributed by atoms with Crippen LogP contribution in [0.2, 0.25) is 0 Å². The van der Waals surface area contributed by atoms with Crippen molar-refractivity contribution in [3.8, 4) is 6.07 Å². The first-order chi connectivity index (χ1) is 9.58. The number of pyridine rings is 1. The minimum Gasteiger partial charge on any atom is -0.477 e. The third-order valence-electron chi connectivity index (χ3n) is 2.44. The summed E-state index contributed by atoms with van der Waals surface area (Å²) >= 11 is 1.35. The Morgan fingerprint density at radius 1 is 1.40 bits per heavy atom. The molecule has 0 amide bonds. The molecule has 1 aromatic carbocycles. The third kappa shape index (κ3) is 3.56. The van der Waals surface area contributed by atoms with Gasteiger partial charge >= 0.3 is 5.97 Å². The molecule has 6 heteroatoms. The number of hydrogen-bond donors (Lipinski definition) is 1. The summed E-state index contributed by atoms with van der Waals surface area (Å²) in [5.41, 5.74) is 0.897. The smallest absolute Gasteiger partial charge is 0.354 e. The molecule has 0 saturated heterocycles. The number of carbonyl (C=O) groups is 1. The fourth-order valence-electron chi connectivity index (χ4n) is 1.58. The van der Waals surface area contributed by atoms with Crippen molar-refractivity contribution in [2.45, 2.75) is 10.6 Å².